The second-order valence-corrected chi connectivity index (χ2v) is 5.73. The van der Waals surface area contributed by atoms with Crippen LogP contribution in [0.3, 0.4) is 0 Å². The summed E-state index contributed by atoms with van der Waals surface area (Å²) in [4.78, 5) is 0. The van der Waals surface area contributed by atoms with Crippen LogP contribution in [0, 0.1) is 11.2 Å². The van der Waals surface area contributed by atoms with Crippen molar-refractivity contribution in [2.75, 3.05) is 19.7 Å². The molecule has 0 heterocycles. The van der Waals surface area contributed by atoms with Crippen LogP contribution in [0.25, 0.3) is 0 Å². The van der Waals surface area contributed by atoms with Gasteiger partial charge in [-0.15, -0.1) is 0 Å². The highest BCUT2D eigenvalue weighted by molar-refractivity contribution is 5.23. The van der Waals surface area contributed by atoms with Gasteiger partial charge in [-0.05, 0) is 36.8 Å². The zero-order chi connectivity index (χ0) is 14.4. The largest absolute Gasteiger partial charge is 0.488 e. The van der Waals surface area contributed by atoms with Gasteiger partial charge in [-0.25, -0.2) is 4.39 Å². The Bertz CT molecular complexity index is 415. The molecule has 1 saturated carbocycles. The third kappa shape index (κ3) is 3.93. The highest BCUT2D eigenvalue weighted by atomic mass is 19.1. The van der Waals surface area contributed by atoms with Gasteiger partial charge < -0.3 is 15.2 Å². The Morgan fingerprint density at radius 2 is 2.15 bits per heavy atom. The number of benzene rings is 1. The van der Waals surface area contributed by atoms with Crippen molar-refractivity contribution in [2.45, 2.75) is 38.7 Å². The van der Waals surface area contributed by atoms with Crippen molar-refractivity contribution in [3.8, 4) is 5.75 Å². The molecule has 0 amide bonds. The quantitative estimate of drug-likeness (QED) is 0.770. The highest BCUT2D eigenvalue weighted by Gasteiger charge is 2.34. The van der Waals surface area contributed by atoms with Gasteiger partial charge in [-0.2, -0.15) is 0 Å². The molecule has 1 aromatic rings. The van der Waals surface area contributed by atoms with Crippen LogP contribution in [0.1, 0.15) is 32.6 Å². The highest BCUT2D eigenvalue weighted by Crippen LogP contribution is 2.42. The van der Waals surface area contributed by atoms with Gasteiger partial charge in [0.1, 0.15) is 12.7 Å². The fourth-order valence-electron chi connectivity index (χ4n) is 2.64. The Labute approximate surface area is 120 Å². The lowest BCUT2D eigenvalue weighted by Crippen LogP contribution is -2.42. The van der Waals surface area contributed by atoms with Crippen LogP contribution in [0.15, 0.2) is 24.3 Å². The molecule has 2 rings (SSSR count). The molecule has 20 heavy (non-hydrogen) atoms. The van der Waals surface area contributed by atoms with Crippen molar-refractivity contribution >= 4 is 0 Å². The Balaban J connectivity index is 1.65. The molecule has 0 aliphatic heterocycles. The van der Waals surface area contributed by atoms with Gasteiger partial charge >= 0.3 is 0 Å². The van der Waals surface area contributed by atoms with Crippen LogP contribution in [0.4, 0.5) is 4.39 Å². The van der Waals surface area contributed by atoms with Crippen molar-refractivity contribution in [1.29, 1.82) is 0 Å². The molecule has 4 heteroatoms. The summed E-state index contributed by atoms with van der Waals surface area (Å²) in [5.74, 6) is -0.206. The molecule has 2 N–H and O–H groups in total. The van der Waals surface area contributed by atoms with Crippen molar-refractivity contribution in [2.24, 2.45) is 5.41 Å². The first-order valence-electron chi connectivity index (χ1n) is 7.41. The minimum Gasteiger partial charge on any atom is -0.488 e. The summed E-state index contributed by atoms with van der Waals surface area (Å²) in [5.41, 5.74) is 0.437. The molecule has 0 radical (unpaired) electrons. The van der Waals surface area contributed by atoms with Crippen LogP contribution >= 0.6 is 0 Å². The molecule has 0 spiro atoms. The van der Waals surface area contributed by atoms with Gasteiger partial charge in [0.05, 0.1) is 0 Å². The number of rotatable bonds is 8. The van der Waals surface area contributed by atoms with Crippen molar-refractivity contribution in [3.63, 3.8) is 0 Å². The van der Waals surface area contributed by atoms with Gasteiger partial charge in [0.2, 0.25) is 0 Å². The summed E-state index contributed by atoms with van der Waals surface area (Å²) in [5, 5.41) is 13.2. The lowest BCUT2D eigenvalue weighted by Gasteiger charge is -2.41. The topological polar surface area (TPSA) is 41.5 Å². The van der Waals surface area contributed by atoms with Gasteiger partial charge in [0.25, 0.3) is 0 Å². The van der Waals surface area contributed by atoms with Crippen molar-refractivity contribution in [3.05, 3.63) is 30.1 Å². The lowest BCUT2D eigenvalue weighted by atomic mass is 9.67. The predicted molar refractivity (Wildman–Crippen MR) is 77.3 cm³/mol. The Kier molecular flexibility index (Phi) is 5.38. The van der Waals surface area contributed by atoms with E-state index in [0.29, 0.717) is 12.0 Å². The number of hydrogen-bond acceptors (Lipinski definition) is 3. The number of hydrogen-bond donors (Lipinski definition) is 2. The number of nitrogens with one attached hydrogen (secondary N) is 1. The second kappa shape index (κ2) is 7.04. The zero-order valence-electron chi connectivity index (χ0n) is 12.1. The molecular formula is C16H24FNO2. The Morgan fingerprint density at radius 3 is 2.75 bits per heavy atom. The maximum Gasteiger partial charge on any atom is 0.165 e. The van der Waals surface area contributed by atoms with Crippen LogP contribution in [0.5, 0.6) is 5.75 Å². The smallest absolute Gasteiger partial charge is 0.165 e. The van der Waals surface area contributed by atoms with Gasteiger partial charge in [0, 0.05) is 13.1 Å². The Hall–Kier alpha value is -1.13. The molecular weight excluding hydrogens is 257 g/mol. The fraction of sp³-hybridized carbons (Fsp3) is 0.625. The summed E-state index contributed by atoms with van der Waals surface area (Å²) in [6.07, 6.45) is 4.43. The zero-order valence-corrected chi connectivity index (χ0v) is 12.1. The molecule has 0 saturated heterocycles. The SMILES string of the molecule is CCC1(CNCC(O)COc2ccccc2F)CCC1. The number of ether oxygens (including phenoxy) is 1. The number of halogens is 1. The fourth-order valence-corrected chi connectivity index (χ4v) is 2.64. The molecule has 1 aliphatic carbocycles. The molecule has 1 unspecified atom stereocenters. The molecule has 1 aliphatic rings. The molecule has 1 aromatic carbocycles. The summed E-state index contributed by atoms with van der Waals surface area (Å²) < 4.78 is 18.6. The monoisotopic (exact) mass is 281 g/mol. The van der Waals surface area contributed by atoms with Gasteiger partial charge in [-0.3, -0.25) is 0 Å². The van der Waals surface area contributed by atoms with E-state index in [0.717, 1.165) is 6.54 Å². The number of aliphatic hydroxyl groups is 1. The van der Waals surface area contributed by atoms with E-state index in [1.54, 1.807) is 18.2 Å². The number of para-hydroxylation sites is 1. The van der Waals surface area contributed by atoms with Crippen LogP contribution in [-0.4, -0.2) is 30.9 Å². The average Bonchev–Trinajstić information content (AvgIpc) is 2.41. The Morgan fingerprint density at radius 1 is 1.40 bits per heavy atom. The van der Waals surface area contributed by atoms with E-state index >= 15 is 0 Å². The first-order chi connectivity index (χ1) is 9.65. The van der Waals surface area contributed by atoms with Gasteiger partial charge in [-0.1, -0.05) is 25.5 Å². The maximum atomic E-state index is 13.3. The van der Waals surface area contributed by atoms with Crippen LogP contribution < -0.4 is 10.1 Å². The van der Waals surface area contributed by atoms with E-state index in [1.807, 2.05) is 0 Å². The molecule has 1 atom stereocenters. The minimum absolute atomic E-state index is 0.104. The summed E-state index contributed by atoms with van der Waals surface area (Å²) in [7, 11) is 0. The first-order valence-corrected chi connectivity index (χ1v) is 7.41. The van der Waals surface area contributed by atoms with Crippen LogP contribution in [-0.2, 0) is 0 Å². The average molecular weight is 281 g/mol. The maximum absolute atomic E-state index is 13.3. The van der Waals surface area contributed by atoms with Crippen molar-refractivity contribution < 1.29 is 14.2 Å². The molecule has 112 valence electrons. The van der Waals surface area contributed by atoms with E-state index in [1.165, 1.54) is 31.7 Å². The second-order valence-electron chi connectivity index (χ2n) is 5.73. The van der Waals surface area contributed by atoms with E-state index in [2.05, 4.69) is 12.2 Å². The molecule has 3 nitrogen and oxygen atoms in total. The standard InChI is InChI=1S/C16H24FNO2/c1-2-16(8-5-9-16)12-18-10-13(19)11-20-15-7-4-3-6-14(15)17/h3-4,6-7,13,18-19H,2,5,8-12H2,1H3. The molecule has 1 fully saturated rings. The summed E-state index contributed by atoms with van der Waals surface area (Å²) in [6, 6.07) is 6.24. The van der Waals surface area contributed by atoms with E-state index in [9.17, 15) is 9.50 Å². The lowest BCUT2D eigenvalue weighted by molar-refractivity contribution is 0.0857. The van der Waals surface area contributed by atoms with E-state index in [-0.39, 0.29) is 12.4 Å². The normalized spacial score (nSPS) is 18.4. The molecule has 0 bridgehead atoms. The predicted octanol–water partition coefficient (Wildman–Crippen LogP) is 2.74. The van der Waals surface area contributed by atoms with Crippen molar-refractivity contribution in [1.82, 2.24) is 5.32 Å². The minimum atomic E-state index is -0.622. The van der Waals surface area contributed by atoms with E-state index < -0.39 is 11.9 Å². The van der Waals surface area contributed by atoms with Gasteiger partial charge in [0.15, 0.2) is 11.6 Å². The molecule has 0 aromatic heterocycles. The van der Waals surface area contributed by atoms with E-state index in [4.69, 9.17) is 4.74 Å². The summed E-state index contributed by atoms with van der Waals surface area (Å²) in [6.45, 7) is 3.75. The van der Waals surface area contributed by atoms with Crippen LogP contribution in [0.2, 0.25) is 0 Å². The first kappa shape index (κ1) is 15.3. The third-order valence-electron chi connectivity index (χ3n) is 4.31. The summed E-state index contributed by atoms with van der Waals surface area (Å²) >= 11 is 0. The number of aliphatic hydroxyl groups excluding tert-OH is 1. The third-order valence-corrected chi connectivity index (χ3v) is 4.31.